The van der Waals surface area contributed by atoms with Gasteiger partial charge in [0.05, 0.1) is 0 Å². The number of hydrogen-bond donors (Lipinski definition) is 2. The predicted molar refractivity (Wildman–Crippen MR) is 175 cm³/mol. The van der Waals surface area contributed by atoms with Crippen LogP contribution >= 0.6 is 0 Å². The van der Waals surface area contributed by atoms with Crippen LogP contribution in [0.15, 0.2) is 48.5 Å². The van der Waals surface area contributed by atoms with Crippen LogP contribution in [0.3, 0.4) is 0 Å². The van der Waals surface area contributed by atoms with Crippen molar-refractivity contribution in [3.63, 3.8) is 0 Å². The number of carbonyl (C=O) groups excluding carboxylic acids is 3. The van der Waals surface area contributed by atoms with E-state index in [0.29, 0.717) is 6.54 Å². The number of amides is 3. The van der Waals surface area contributed by atoms with E-state index >= 15 is 0 Å². The zero-order valence-corrected chi connectivity index (χ0v) is 27.8. The largest absolute Gasteiger partial charge is 0.444 e. The maximum absolute atomic E-state index is 14.7. The van der Waals surface area contributed by atoms with Crippen molar-refractivity contribution in [3.05, 3.63) is 70.8 Å². The molecule has 2 aromatic rings. The van der Waals surface area contributed by atoms with Crippen LogP contribution in [-0.4, -0.2) is 47.0 Å². The molecule has 2 N–H and O–H groups in total. The van der Waals surface area contributed by atoms with Gasteiger partial charge >= 0.3 is 6.09 Å². The highest BCUT2D eigenvalue weighted by Gasteiger charge is 2.37. The molecule has 238 valence electrons. The zero-order valence-electron chi connectivity index (χ0n) is 27.8. The van der Waals surface area contributed by atoms with Crippen molar-refractivity contribution in [1.82, 2.24) is 15.5 Å². The molecule has 0 aliphatic rings. The van der Waals surface area contributed by atoms with E-state index in [0.717, 1.165) is 67.2 Å². The summed E-state index contributed by atoms with van der Waals surface area (Å²) >= 11 is 0. The summed E-state index contributed by atoms with van der Waals surface area (Å²) in [6.45, 7) is 16.0. The van der Waals surface area contributed by atoms with E-state index in [1.54, 1.807) is 25.7 Å². The molecule has 0 heterocycles. The molecule has 0 radical (unpaired) electrons. The number of nitrogens with one attached hydrogen (secondary N) is 2. The predicted octanol–water partition coefficient (Wildman–Crippen LogP) is 7.58. The minimum Gasteiger partial charge on any atom is -0.444 e. The summed E-state index contributed by atoms with van der Waals surface area (Å²) in [4.78, 5) is 43.5. The summed E-state index contributed by atoms with van der Waals surface area (Å²) in [7, 11) is 0. The van der Waals surface area contributed by atoms with Crippen LogP contribution in [0.4, 0.5) is 4.79 Å². The highest BCUT2D eigenvalue weighted by Crippen LogP contribution is 2.28. The molecule has 0 saturated heterocycles. The third-order valence-corrected chi connectivity index (χ3v) is 7.45. The topological polar surface area (TPSA) is 87.7 Å². The fraction of sp³-hybridized carbons (Fsp3) is 0.583. The maximum atomic E-state index is 14.7. The average Bonchev–Trinajstić information content (AvgIpc) is 2.92. The molecule has 0 saturated carbocycles. The quantitative estimate of drug-likeness (QED) is 0.196. The maximum Gasteiger partial charge on any atom is 0.408 e. The lowest BCUT2D eigenvalue weighted by Gasteiger charge is -2.36. The van der Waals surface area contributed by atoms with Crippen molar-refractivity contribution in [3.8, 4) is 0 Å². The van der Waals surface area contributed by atoms with Gasteiger partial charge in [0.15, 0.2) is 0 Å². The van der Waals surface area contributed by atoms with E-state index < -0.39 is 23.8 Å². The van der Waals surface area contributed by atoms with Crippen LogP contribution in [0, 0.1) is 13.8 Å². The Morgan fingerprint density at radius 3 is 2.16 bits per heavy atom. The lowest BCUT2D eigenvalue weighted by molar-refractivity contribution is -0.142. The Morgan fingerprint density at radius 1 is 0.884 bits per heavy atom. The SMILES string of the molecule is CCCCCCCN(C(=O)C(Cc1ccccc1)NC(=O)OC(C)(C)C)C(C(=O)NC(C)CCC)c1ccc(C)cc1C. The molecule has 0 aliphatic carbocycles. The van der Waals surface area contributed by atoms with Gasteiger partial charge in [-0.1, -0.05) is 100 Å². The molecular formula is C36H55N3O4. The summed E-state index contributed by atoms with van der Waals surface area (Å²) in [6.07, 6.45) is 6.42. The van der Waals surface area contributed by atoms with Crippen molar-refractivity contribution >= 4 is 17.9 Å². The van der Waals surface area contributed by atoms with Gasteiger partial charge in [0.1, 0.15) is 17.7 Å². The molecule has 7 nitrogen and oxygen atoms in total. The highest BCUT2D eigenvalue weighted by atomic mass is 16.6. The van der Waals surface area contributed by atoms with E-state index in [1.165, 1.54) is 0 Å². The molecule has 0 bridgehead atoms. The van der Waals surface area contributed by atoms with Crippen molar-refractivity contribution in [2.75, 3.05) is 6.54 Å². The lowest BCUT2D eigenvalue weighted by atomic mass is 9.95. The second kappa shape index (κ2) is 17.7. The minimum absolute atomic E-state index is 0.0349. The van der Waals surface area contributed by atoms with Crippen LogP contribution in [0.5, 0.6) is 0 Å². The molecule has 7 heteroatoms. The van der Waals surface area contributed by atoms with Gasteiger partial charge in [-0.05, 0) is 71.1 Å². The molecule has 3 atom stereocenters. The van der Waals surface area contributed by atoms with Crippen LogP contribution in [0.1, 0.15) is 115 Å². The fourth-order valence-electron chi connectivity index (χ4n) is 5.36. The molecule has 2 rings (SSSR count). The molecule has 0 aliphatic heterocycles. The van der Waals surface area contributed by atoms with Gasteiger partial charge < -0.3 is 20.3 Å². The number of benzene rings is 2. The Bertz CT molecular complexity index is 1160. The number of ether oxygens (including phenoxy) is 1. The number of aryl methyl sites for hydroxylation is 2. The Kier molecular flexibility index (Phi) is 14.7. The van der Waals surface area contributed by atoms with E-state index in [9.17, 15) is 14.4 Å². The summed E-state index contributed by atoms with van der Waals surface area (Å²) in [5, 5.41) is 6.04. The smallest absolute Gasteiger partial charge is 0.408 e. The van der Waals surface area contributed by atoms with Crippen LogP contribution < -0.4 is 10.6 Å². The van der Waals surface area contributed by atoms with Crippen molar-refractivity contribution in [2.24, 2.45) is 0 Å². The van der Waals surface area contributed by atoms with Crippen molar-refractivity contribution in [1.29, 1.82) is 0 Å². The molecular weight excluding hydrogens is 538 g/mol. The number of nitrogens with zero attached hydrogens (tertiary/aromatic N) is 1. The lowest BCUT2D eigenvalue weighted by Crippen LogP contribution is -2.54. The Labute approximate surface area is 260 Å². The number of rotatable bonds is 16. The molecule has 3 unspecified atom stereocenters. The first-order valence-corrected chi connectivity index (χ1v) is 16.1. The average molecular weight is 594 g/mol. The van der Waals surface area contributed by atoms with Crippen molar-refractivity contribution < 1.29 is 19.1 Å². The van der Waals surface area contributed by atoms with E-state index in [2.05, 4.69) is 30.5 Å². The molecule has 0 aromatic heterocycles. The van der Waals surface area contributed by atoms with E-state index in [-0.39, 0.29) is 24.3 Å². The van der Waals surface area contributed by atoms with E-state index in [1.807, 2.05) is 63.2 Å². The van der Waals surface area contributed by atoms with Crippen LogP contribution in [0.2, 0.25) is 0 Å². The molecule has 2 aromatic carbocycles. The van der Waals surface area contributed by atoms with Gasteiger partial charge in [0.25, 0.3) is 0 Å². The second-order valence-corrected chi connectivity index (χ2v) is 12.8. The second-order valence-electron chi connectivity index (χ2n) is 12.8. The summed E-state index contributed by atoms with van der Waals surface area (Å²) < 4.78 is 5.57. The van der Waals surface area contributed by atoms with Crippen LogP contribution in [-0.2, 0) is 20.7 Å². The molecule has 43 heavy (non-hydrogen) atoms. The number of hydrogen-bond acceptors (Lipinski definition) is 4. The van der Waals surface area contributed by atoms with Gasteiger partial charge in [0.2, 0.25) is 11.8 Å². The first-order valence-electron chi connectivity index (χ1n) is 16.1. The first kappa shape index (κ1) is 35.8. The van der Waals surface area contributed by atoms with Gasteiger partial charge in [-0.15, -0.1) is 0 Å². The van der Waals surface area contributed by atoms with Gasteiger partial charge in [-0.3, -0.25) is 9.59 Å². The third-order valence-electron chi connectivity index (χ3n) is 7.45. The number of alkyl carbamates (subject to hydrolysis) is 1. The van der Waals surface area contributed by atoms with Gasteiger partial charge in [-0.2, -0.15) is 0 Å². The highest BCUT2D eigenvalue weighted by molar-refractivity contribution is 5.92. The zero-order chi connectivity index (χ0) is 32.0. The summed E-state index contributed by atoms with van der Waals surface area (Å²) in [5.74, 6) is -0.501. The van der Waals surface area contributed by atoms with Crippen LogP contribution in [0.25, 0.3) is 0 Å². The standard InChI is InChI=1S/C36H55N3O4/c1-9-11-12-13-17-23-39(32(33(40)37-28(5)18-10-2)30-22-21-26(3)24-27(30)4)34(41)31(25-29-19-15-14-16-20-29)38-35(42)43-36(6,7)8/h14-16,19-22,24,28,31-32H,9-13,17-18,23,25H2,1-8H3,(H,37,40)(H,38,42). The van der Waals surface area contributed by atoms with Gasteiger partial charge in [0, 0.05) is 19.0 Å². The Balaban J connectivity index is 2.59. The van der Waals surface area contributed by atoms with Crippen molar-refractivity contribution in [2.45, 2.75) is 130 Å². The Morgan fingerprint density at radius 2 is 1.56 bits per heavy atom. The number of carbonyl (C=O) groups is 3. The summed E-state index contributed by atoms with van der Waals surface area (Å²) in [6, 6.07) is 13.8. The fourth-order valence-corrected chi connectivity index (χ4v) is 5.36. The molecule has 3 amide bonds. The number of unbranched alkanes of at least 4 members (excludes halogenated alkanes) is 4. The monoisotopic (exact) mass is 593 g/mol. The normalized spacial score (nSPS) is 13.5. The Hall–Kier alpha value is -3.35. The van der Waals surface area contributed by atoms with Gasteiger partial charge in [-0.25, -0.2) is 4.79 Å². The molecule has 0 fully saturated rings. The van der Waals surface area contributed by atoms with E-state index in [4.69, 9.17) is 4.74 Å². The third kappa shape index (κ3) is 12.4. The minimum atomic E-state index is -0.915. The first-order chi connectivity index (χ1) is 20.4. The molecule has 0 spiro atoms. The summed E-state index contributed by atoms with van der Waals surface area (Å²) in [5.41, 5.74) is 3.02.